The molecule has 0 unspecified atom stereocenters. The molecule has 2 heterocycles. The van der Waals surface area contributed by atoms with Gasteiger partial charge in [0.15, 0.2) is 10.7 Å². The maximum absolute atomic E-state index is 12.3. The smallest absolute Gasteiger partial charge is 0.408 e. The van der Waals surface area contributed by atoms with Crippen LogP contribution in [0.1, 0.15) is 24.2 Å². The van der Waals surface area contributed by atoms with E-state index >= 15 is 0 Å². The van der Waals surface area contributed by atoms with Gasteiger partial charge in [-0.25, -0.2) is 14.8 Å². The average molecular weight is 435 g/mol. The fourth-order valence-electron chi connectivity index (χ4n) is 3.30. The maximum atomic E-state index is 12.3. The summed E-state index contributed by atoms with van der Waals surface area (Å²) in [5.41, 5.74) is 3.89. The third-order valence-electron chi connectivity index (χ3n) is 4.67. The van der Waals surface area contributed by atoms with E-state index in [9.17, 15) is 9.59 Å². The first-order valence-electron chi connectivity index (χ1n) is 9.96. The Morgan fingerprint density at radius 3 is 2.52 bits per heavy atom. The van der Waals surface area contributed by atoms with Crippen LogP contribution < -0.4 is 11.1 Å². The molecule has 0 aliphatic carbocycles. The largest absolute Gasteiger partial charge is 0.419 e. The minimum absolute atomic E-state index is 0.0982. The zero-order valence-corrected chi connectivity index (χ0v) is 18.1. The molecule has 158 valence electrons. The summed E-state index contributed by atoms with van der Waals surface area (Å²) in [7, 11) is 0. The summed E-state index contributed by atoms with van der Waals surface area (Å²) in [6.07, 6.45) is 0.839. The number of para-hydroxylation sites is 2. The molecule has 7 nitrogen and oxygen atoms in total. The molecule has 8 heteroatoms. The van der Waals surface area contributed by atoms with Gasteiger partial charge >= 0.3 is 5.76 Å². The zero-order chi connectivity index (χ0) is 21.8. The van der Waals surface area contributed by atoms with E-state index in [1.54, 1.807) is 10.6 Å². The summed E-state index contributed by atoms with van der Waals surface area (Å²) in [6, 6.07) is 16.8. The van der Waals surface area contributed by atoms with E-state index in [1.165, 1.54) is 11.8 Å². The van der Waals surface area contributed by atoms with Crippen LogP contribution in [0.5, 0.6) is 0 Å². The highest BCUT2D eigenvalue weighted by Gasteiger charge is 2.10. The Kier molecular flexibility index (Phi) is 6.18. The first-order valence-corrected chi connectivity index (χ1v) is 10.8. The number of benzene rings is 2. The van der Waals surface area contributed by atoms with Gasteiger partial charge in [-0.2, -0.15) is 0 Å². The van der Waals surface area contributed by atoms with Crippen LogP contribution in [-0.2, 0) is 11.3 Å². The van der Waals surface area contributed by atoms with Gasteiger partial charge in [0.1, 0.15) is 0 Å². The van der Waals surface area contributed by atoms with Crippen LogP contribution in [0, 0.1) is 13.8 Å². The molecule has 1 amide bonds. The van der Waals surface area contributed by atoms with Crippen LogP contribution in [0.3, 0.4) is 0 Å². The van der Waals surface area contributed by atoms with Crippen molar-refractivity contribution in [2.45, 2.75) is 43.3 Å². The van der Waals surface area contributed by atoms with Crippen molar-refractivity contribution in [3.8, 4) is 0 Å². The van der Waals surface area contributed by atoms with Gasteiger partial charge in [-0.05, 0) is 74.5 Å². The monoisotopic (exact) mass is 434 g/mol. The number of nitrogens with zero attached hydrogens (tertiary/aromatic N) is 3. The molecule has 0 radical (unpaired) electrons. The Morgan fingerprint density at radius 1 is 1.06 bits per heavy atom. The Balaban J connectivity index is 1.30. The van der Waals surface area contributed by atoms with Gasteiger partial charge in [-0.3, -0.25) is 9.36 Å². The molecule has 0 saturated carbocycles. The number of hydrogen-bond donors (Lipinski definition) is 1. The number of hydrogen-bond acceptors (Lipinski definition) is 6. The summed E-state index contributed by atoms with van der Waals surface area (Å²) in [5, 5.41) is 3.60. The third kappa shape index (κ3) is 5.21. The standard InChI is InChI=1S/C23H22N4O3S/c1-15-14-16(2)25-22(24-15)31-18-11-9-17(10-12-18)26-21(28)8-5-13-27-19-6-3-4-7-20(19)30-23(27)29/h3-4,6-7,9-12,14H,5,8,13H2,1-2H3,(H,26,28). The molecule has 4 aromatic rings. The quantitative estimate of drug-likeness (QED) is 0.429. The summed E-state index contributed by atoms with van der Waals surface area (Å²) < 4.78 is 6.77. The Hall–Kier alpha value is -3.39. The van der Waals surface area contributed by atoms with Crippen molar-refractivity contribution in [2.75, 3.05) is 5.32 Å². The van der Waals surface area contributed by atoms with Crippen molar-refractivity contribution >= 4 is 34.5 Å². The van der Waals surface area contributed by atoms with Crippen molar-refractivity contribution in [1.29, 1.82) is 0 Å². The third-order valence-corrected chi connectivity index (χ3v) is 5.54. The number of aromatic nitrogens is 3. The van der Waals surface area contributed by atoms with Crippen molar-refractivity contribution in [2.24, 2.45) is 0 Å². The molecule has 0 aliphatic rings. The minimum atomic E-state index is -0.400. The highest BCUT2D eigenvalue weighted by atomic mass is 32.2. The average Bonchev–Trinajstić information content (AvgIpc) is 3.04. The molecule has 0 fully saturated rings. The molecule has 0 bridgehead atoms. The predicted octanol–water partition coefficient (Wildman–Crippen LogP) is 4.57. The van der Waals surface area contributed by atoms with Gasteiger partial charge in [0.25, 0.3) is 0 Å². The van der Waals surface area contributed by atoms with Crippen LogP contribution >= 0.6 is 11.8 Å². The topological polar surface area (TPSA) is 90.0 Å². The molecule has 0 aliphatic heterocycles. The van der Waals surface area contributed by atoms with Gasteiger partial charge < -0.3 is 9.73 Å². The van der Waals surface area contributed by atoms with Crippen molar-refractivity contribution in [1.82, 2.24) is 14.5 Å². The van der Waals surface area contributed by atoms with E-state index < -0.39 is 5.76 Å². The van der Waals surface area contributed by atoms with Gasteiger partial charge in [0.05, 0.1) is 5.52 Å². The number of carbonyl (C=O) groups is 1. The first kappa shape index (κ1) is 20.9. The maximum Gasteiger partial charge on any atom is 0.419 e. The molecule has 0 saturated heterocycles. The Bertz CT molecular complexity index is 1260. The lowest BCUT2D eigenvalue weighted by molar-refractivity contribution is -0.116. The second-order valence-electron chi connectivity index (χ2n) is 7.20. The number of carbonyl (C=O) groups excluding carboxylic acids is 1. The highest BCUT2D eigenvalue weighted by molar-refractivity contribution is 7.99. The molecule has 31 heavy (non-hydrogen) atoms. The van der Waals surface area contributed by atoms with E-state index in [0.29, 0.717) is 30.1 Å². The molecule has 0 spiro atoms. The van der Waals surface area contributed by atoms with E-state index in [2.05, 4.69) is 15.3 Å². The molecule has 0 atom stereocenters. The summed E-state index contributed by atoms with van der Waals surface area (Å²) in [6.45, 7) is 4.32. The van der Waals surface area contributed by atoms with Gasteiger partial charge in [0, 0.05) is 34.9 Å². The van der Waals surface area contributed by atoms with Gasteiger partial charge in [0.2, 0.25) is 5.91 Å². The fraction of sp³-hybridized carbons (Fsp3) is 0.217. The van der Waals surface area contributed by atoms with Crippen molar-refractivity contribution in [3.63, 3.8) is 0 Å². The molecular formula is C23H22N4O3S. The molecule has 4 rings (SSSR count). The number of amides is 1. The molecule has 1 N–H and O–H groups in total. The van der Waals surface area contributed by atoms with Crippen LogP contribution in [0.15, 0.2) is 73.9 Å². The lowest BCUT2D eigenvalue weighted by atomic mass is 10.2. The van der Waals surface area contributed by atoms with Gasteiger partial charge in [-0.1, -0.05) is 12.1 Å². The summed E-state index contributed by atoms with van der Waals surface area (Å²) >= 11 is 1.48. The van der Waals surface area contributed by atoms with Crippen molar-refractivity contribution in [3.05, 3.63) is 76.5 Å². The van der Waals surface area contributed by atoms with E-state index in [0.717, 1.165) is 27.5 Å². The van der Waals surface area contributed by atoms with Crippen LogP contribution in [-0.4, -0.2) is 20.4 Å². The summed E-state index contributed by atoms with van der Waals surface area (Å²) in [4.78, 5) is 34.1. The predicted molar refractivity (Wildman–Crippen MR) is 120 cm³/mol. The lowest BCUT2D eigenvalue weighted by Crippen LogP contribution is -2.17. The number of nitrogens with one attached hydrogen (secondary N) is 1. The summed E-state index contributed by atoms with van der Waals surface area (Å²) in [5.74, 6) is -0.499. The Labute approximate surface area is 183 Å². The van der Waals surface area contributed by atoms with E-state index in [1.807, 2.05) is 62.4 Å². The second-order valence-corrected chi connectivity index (χ2v) is 8.24. The Morgan fingerprint density at radius 2 is 1.77 bits per heavy atom. The number of anilines is 1. The van der Waals surface area contributed by atoms with E-state index in [-0.39, 0.29) is 5.91 Å². The number of aryl methyl sites for hydroxylation is 3. The normalized spacial score (nSPS) is 11.0. The van der Waals surface area contributed by atoms with Gasteiger partial charge in [-0.15, -0.1) is 0 Å². The van der Waals surface area contributed by atoms with Crippen molar-refractivity contribution < 1.29 is 9.21 Å². The number of rotatable bonds is 7. The zero-order valence-electron chi connectivity index (χ0n) is 17.3. The lowest BCUT2D eigenvalue weighted by Gasteiger charge is -2.07. The van der Waals surface area contributed by atoms with E-state index in [4.69, 9.17) is 4.42 Å². The molecule has 2 aromatic heterocycles. The second kappa shape index (κ2) is 9.18. The fourth-order valence-corrected chi connectivity index (χ4v) is 4.16. The van der Waals surface area contributed by atoms with Crippen LogP contribution in [0.4, 0.5) is 5.69 Å². The number of oxazole rings is 1. The van der Waals surface area contributed by atoms with Crippen LogP contribution in [0.25, 0.3) is 11.1 Å². The first-order chi connectivity index (χ1) is 15.0. The molecular weight excluding hydrogens is 412 g/mol. The highest BCUT2D eigenvalue weighted by Crippen LogP contribution is 2.26. The molecule has 2 aromatic carbocycles. The SMILES string of the molecule is Cc1cc(C)nc(Sc2ccc(NC(=O)CCCn3c(=O)oc4ccccc43)cc2)n1. The number of fused-ring (bicyclic) bond motifs is 1. The minimum Gasteiger partial charge on any atom is -0.408 e. The van der Waals surface area contributed by atoms with Crippen LogP contribution in [0.2, 0.25) is 0 Å².